The Labute approximate surface area is 232 Å². The molecule has 1 aromatic carbocycles. The maximum absolute atomic E-state index is 14.5. The molecule has 2 atom stereocenters. The molecule has 4 heterocycles. The van der Waals surface area contributed by atoms with Gasteiger partial charge in [-0.2, -0.15) is 15.2 Å². The minimum atomic E-state index is -0.806. The maximum Gasteiger partial charge on any atom is 0.318 e. The zero-order valence-electron chi connectivity index (χ0n) is 22.4. The highest BCUT2D eigenvalue weighted by Crippen LogP contribution is 2.35. The molecule has 3 aliphatic heterocycles. The van der Waals surface area contributed by atoms with Gasteiger partial charge in [-0.05, 0) is 44.6 Å². The van der Waals surface area contributed by atoms with Crippen molar-refractivity contribution in [2.24, 2.45) is 0 Å². The lowest BCUT2D eigenvalue weighted by molar-refractivity contribution is -0.128. The normalized spacial score (nSPS) is 20.8. The number of likely N-dealkylation sites (N-methyl/N-ethyl adjacent to an activating group) is 1. The second-order valence-corrected chi connectivity index (χ2v) is 10.3. The van der Waals surface area contributed by atoms with Crippen LogP contribution in [0, 0.1) is 17.1 Å². The molecule has 2 saturated heterocycles. The Morgan fingerprint density at radius 1 is 1.25 bits per heavy atom. The molecule has 2 aromatic rings. The second kappa shape index (κ2) is 11.5. The molecule has 0 spiro atoms. The summed E-state index contributed by atoms with van der Waals surface area (Å²) in [6.45, 7) is 6.35. The van der Waals surface area contributed by atoms with Crippen LogP contribution in [0.2, 0.25) is 0 Å². The average molecular weight is 550 g/mol. The number of hydrogen-bond acceptors (Lipinski definition) is 9. The third-order valence-electron chi connectivity index (χ3n) is 7.88. The lowest BCUT2D eigenvalue weighted by Gasteiger charge is -2.41. The Balaban J connectivity index is 1.45. The number of likely N-dealkylation sites (tertiary alicyclic amines) is 1. The summed E-state index contributed by atoms with van der Waals surface area (Å²) in [7, 11) is 2.05. The molecular weight excluding hydrogens is 517 g/mol. The van der Waals surface area contributed by atoms with E-state index in [1.54, 1.807) is 4.90 Å². The number of piperazine rings is 1. The van der Waals surface area contributed by atoms with Crippen molar-refractivity contribution in [2.75, 3.05) is 44.7 Å². The number of nitriles is 1. The van der Waals surface area contributed by atoms with Gasteiger partial charge in [-0.15, -0.1) is 0 Å². The summed E-state index contributed by atoms with van der Waals surface area (Å²) >= 11 is 0. The first kappa shape index (κ1) is 27.3. The minimum Gasteiger partial charge on any atom is -0.507 e. The molecule has 12 heteroatoms. The molecule has 2 amide bonds. The fourth-order valence-electron chi connectivity index (χ4n) is 5.66. The van der Waals surface area contributed by atoms with Gasteiger partial charge in [0.05, 0.1) is 37.3 Å². The Kier molecular flexibility index (Phi) is 7.84. The summed E-state index contributed by atoms with van der Waals surface area (Å²) in [6, 6.07) is 5.95. The molecule has 2 fully saturated rings. The van der Waals surface area contributed by atoms with Crippen molar-refractivity contribution in [1.82, 2.24) is 24.7 Å². The number of carbonyl (C=O) groups excluding carboxylic acids is 2. The first-order valence-electron chi connectivity index (χ1n) is 13.3. The van der Waals surface area contributed by atoms with E-state index in [2.05, 4.69) is 29.6 Å². The maximum atomic E-state index is 14.5. The molecule has 5 rings (SSSR count). The Morgan fingerprint density at radius 2 is 2.08 bits per heavy atom. The molecule has 0 bridgehead atoms. The van der Waals surface area contributed by atoms with E-state index in [4.69, 9.17) is 9.72 Å². The molecule has 1 aromatic heterocycles. The van der Waals surface area contributed by atoms with Gasteiger partial charge in [0.2, 0.25) is 5.91 Å². The molecule has 0 aliphatic carbocycles. The van der Waals surface area contributed by atoms with Gasteiger partial charge in [0.1, 0.15) is 29.6 Å². The first-order valence-corrected chi connectivity index (χ1v) is 13.3. The second-order valence-electron chi connectivity index (χ2n) is 10.3. The summed E-state index contributed by atoms with van der Waals surface area (Å²) in [5.41, 5.74) is 0.871. The fourth-order valence-corrected chi connectivity index (χ4v) is 5.66. The van der Waals surface area contributed by atoms with Gasteiger partial charge in [0.15, 0.2) is 0 Å². The van der Waals surface area contributed by atoms with Crippen LogP contribution in [0.1, 0.15) is 40.9 Å². The van der Waals surface area contributed by atoms with E-state index >= 15 is 0 Å². The van der Waals surface area contributed by atoms with Gasteiger partial charge in [-0.1, -0.05) is 12.6 Å². The average Bonchev–Trinajstić information content (AvgIpc) is 3.56. The van der Waals surface area contributed by atoms with E-state index in [-0.39, 0.29) is 43.5 Å². The van der Waals surface area contributed by atoms with Crippen LogP contribution in [0.5, 0.6) is 11.8 Å². The minimum absolute atomic E-state index is 0.0910. The number of aromatic nitrogens is 2. The molecule has 2 unspecified atom stereocenters. The Morgan fingerprint density at radius 3 is 2.77 bits per heavy atom. The number of fused-ring (bicyclic) bond motifs is 1. The SMILES string of the molecule is C=CC(=O)N1CCN(c2nc(OCC3CCCN3C)nc3c2CN(C(=O)c2c(O)cccc2F)C3)CC1CC#N. The first-order chi connectivity index (χ1) is 19.3. The van der Waals surface area contributed by atoms with Gasteiger partial charge < -0.3 is 29.4 Å². The van der Waals surface area contributed by atoms with Crippen LogP contribution in [-0.4, -0.2) is 93.5 Å². The number of phenolic OH excluding ortho intramolecular Hbond substituents is 1. The van der Waals surface area contributed by atoms with Crippen molar-refractivity contribution in [3.05, 3.63) is 53.5 Å². The quantitative estimate of drug-likeness (QED) is 0.517. The Bertz CT molecular complexity index is 1340. The van der Waals surface area contributed by atoms with E-state index in [9.17, 15) is 24.3 Å². The standard InChI is InChI=1S/C28H32FN7O4/c1-3-24(38)36-13-12-34(14-18(36)9-10-30)26-20-15-35(27(39)25-21(29)7-4-8-23(25)37)16-22(20)31-28(32-26)40-17-19-6-5-11-33(19)2/h3-4,7-8,18-19,37H,1,5-6,9,11-17H2,2H3. The van der Waals surface area contributed by atoms with Crippen LogP contribution in [0.3, 0.4) is 0 Å². The third-order valence-corrected chi connectivity index (χ3v) is 7.88. The van der Waals surface area contributed by atoms with Crippen molar-refractivity contribution < 1.29 is 23.8 Å². The summed E-state index contributed by atoms with van der Waals surface area (Å²) in [5, 5.41) is 19.6. The highest BCUT2D eigenvalue weighted by molar-refractivity contribution is 5.97. The van der Waals surface area contributed by atoms with E-state index < -0.39 is 23.0 Å². The number of benzene rings is 1. The van der Waals surface area contributed by atoms with Gasteiger partial charge >= 0.3 is 6.01 Å². The summed E-state index contributed by atoms with van der Waals surface area (Å²) in [6.07, 6.45) is 3.49. The van der Waals surface area contributed by atoms with Crippen LogP contribution < -0.4 is 9.64 Å². The van der Waals surface area contributed by atoms with Crippen molar-refractivity contribution in [3.63, 3.8) is 0 Å². The zero-order chi connectivity index (χ0) is 28.4. The predicted octanol–water partition coefficient (Wildman–Crippen LogP) is 2.07. The van der Waals surface area contributed by atoms with E-state index in [0.717, 1.165) is 25.5 Å². The number of rotatable bonds is 7. The molecule has 0 radical (unpaired) electrons. The van der Waals surface area contributed by atoms with Gasteiger partial charge in [0, 0.05) is 31.2 Å². The van der Waals surface area contributed by atoms with E-state index in [1.165, 1.54) is 23.1 Å². The Hall–Kier alpha value is -4.24. The number of aromatic hydroxyl groups is 1. The van der Waals surface area contributed by atoms with Crippen LogP contribution in [0.15, 0.2) is 30.9 Å². The number of halogens is 1. The van der Waals surface area contributed by atoms with Gasteiger partial charge in [-0.3, -0.25) is 9.59 Å². The third kappa shape index (κ3) is 5.29. The molecule has 1 N–H and O–H groups in total. The number of ether oxygens (including phenoxy) is 1. The van der Waals surface area contributed by atoms with Crippen LogP contribution >= 0.6 is 0 Å². The molecule has 11 nitrogen and oxygen atoms in total. The molecular formula is C28H32FN7O4. The zero-order valence-corrected chi connectivity index (χ0v) is 22.4. The topological polar surface area (TPSA) is 126 Å². The number of amides is 2. The molecule has 0 saturated carbocycles. The number of anilines is 1. The smallest absolute Gasteiger partial charge is 0.318 e. The largest absolute Gasteiger partial charge is 0.507 e. The van der Waals surface area contributed by atoms with E-state index in [1.807, 2.05) is 4.90 Å². The summed E-state index contributed by atoms with van der Waals surface area (Å²) < 4.78 is 20.6. The van der Waals surface area contributed by atoms with Gasteiger partial charge in [0.25, 0.3) is 5.91 Å². The lowest BCUT2D eigenvalue weighted by Crippen LogP contribution is -2.55. The highest BCUT2D eigenvalue weighted by Gasteiger charge is 2.36. The molecule has 40 heavy (non-hydrogen) atoms. The number of nitrogens with zero attached hydrogens (tertiary/aromatic N) is 7. The lowest BCUT2D eigenvalue weighted by atomic mass is 10.1. The van der Waals surface area contributed by atoms with Crippen LogP contribution in [0.25, 0.3) is 0 Å². The molecule has 210 valence electrons. The summed E-state index contributed by atoms with van der Waals surface area (Å²) in [4.78, 5) is 42.3. The number of carbonyl (C=O) groups is 2. The predicted molar refractivity (Wildman–Crippen MR) is 143 cm³/mol. The van der Waals surface area contributed by atoms with Gasteiger partial charge in [-0.25, -0.2) is 4.39 Å². The van der Waals surface area contributed by atoms with Crippen LogP contribution in [-0.2, 0) is 17.9 Å². The fraction of sp³-hybridized carbons (Fsp3) is 0.464. The van der Waals surface area contributed by atoms with Crippen molar-refractivity contribution in [2.45, 2.75) is 44.4 Å². The van der Waals surface area contributed by atoms with E-state index in [0.29, 0.717) is 43.3 Å². The number of phenols is 1. The van der Waals surface area contributed by atoms with Crippen molar-refractivity contribution >= 4 is 17.6 Å². The van der Waals surface area contributed by atoms with Crippen LogP contribution in [0.4, 0.5) is 10.2 Å². The van der Waals surface area contributed by atoms with Crippen molar-refractivity contribution in [1.29, 1.82) is 5.26 Å². The highest BCUT2D eigenvalue weighted by atomic mass is 19.1. The van der Waals surface area contributed by atoms with Crippen molar-refractivity contribution in [3.8, 4) is 17.8 Å². The summed E-state index contributed by atoms with van der Waals surface area (Å²) in [5.74, 6) is -1.57. The number of hydrogen-bond donors (Lipinski definition) is 1. The monoisotopic (exact) mass is 549 g/mol. The molecule has 3 aliphatic rings.